The Hall–Kier alpha value is -0.510. The average molecular weight is 523 g/mol. The van der Waals surface area contributed by atoms with Gasteiger partial charge in [-0.1, -0.05) is 74.5 Å². The SMILES string of the molecule is CC(C)CCC[C@@H](C)C1CC[C@H]2[C@@H]3CC=C4CC(OC(=O)NCCBr)CC[C@@H]4[C@H]3CC[C@]12C. The van der Waals surface area contributed by atoms with Gasteiger partial charge in [-0.05, 0) is 91.8 Å². The second-order valence-corrected chi connectivity index (χ2v) is 13.3. The number of alkyl halides is 1. The highest BCUT2D eigenvalue weighted by atomic mass is 79.9. The zero-order valence-corrected chi connectivity index (χ0v) is 23.2. The topological polar surface area (TPSA) is 38.3 Å². The van der Waals surface area contributed by atoms with Crippen molar-refractivity contribution in [2.45, 2.75) is 104 Å². The number of amides is 1. The Labute approximate surface area is 211 Å². The van der Waals surface area contributed by atoms with Crippen LogP contribution >= 0.6 is 15.9 Å². The van der Waals surface area contributed by atoms with Crippen LogP contribution in [0.3, 0.4) is 0 Å². The minimum Gasteiger partial charge on any atom is -0.446 e. The molecule has 4 aliphatic carbocycles. The van der Waals surface area contributed by atoms with E-state index in [4.69, 9.17) is 4.74 Å². The van der Waals surface area contributed by atoms with Crippen molar-refractivity contribution < 1.29 is 9.53 Å². The van der Waals surface area contributed by atoms with Crippen molar-refractivity contribution in [2.75, 3.05) is 11.9 Å². The summed E-state index contributed by atoms with van der Waals surface area (Å²) in [5.74, 6) is 6.10. The van der Waals surface area contributed by atoms with Crippen LogP contribution in [0.2, 0.25) is 0 Å². The van der Waals surface area contributed by atoms with E-state index in [2.05, 4.69) is 55.0 Å². The van der Waals surface area contributed by atoms with Crippen molar-refractivity contribution in [2.24, 2.45) is 46.8 Å². The molecule has 1 amide bonds. The van der Waals surface area contributed by atoms with Crippen molar-refractivity contribution in [1.29, 1.82) is 0 Å². The molecule has 33 heavy (non-hydrogen) atoms. The van der Waals surface area contributed by atoms with Crippen molar-refractivity contribution >= 4 is 22.0 Å². The van der Waals surface area contributed by atoms with E-state index in [1.165, 1.54) is 57.8 Å². The number of rotatable bonds is 8. The van der Waals surface area contributed by atoms with E-state index in [1.807, 2.05) is 0 Å². The van der Waals surface area contributed by atoms with E-state index in [-0.39, 0.29) is 12.2 Å². The monoisotopic (exact) mass is 521 g/mol. The molecule has 0 radical (unpaired) electrons. The van der Waals surface area contributed by atoms with Crippen LogP contribution in [0.15, 0.2) is 11.6 Å². The van der Waals surface area contributed by atoms with E-state index in [9.17, 15) is 4.79 Å². The molecule has 0 aliphatic heterocycles. The molecule has 4 aliphatic rings. The third-order valence-electron chi connectivity index (χ3n) is 10.2. The minimum absolute atomic E-state index is 0.0655. The normalized spacial score (nSPS) is 38.7. The third kappa shape index (κ3) is 5.51. The van der Waals surface area contributed by atoms with E-state index < -0.39 is 0 Å². The van der Waals surface area contributed by atoms with Crippen LogP contribution < -0.4 is 5.32 Å². The summed E-state index contributed by atoms with van der Waals surface area (Å²) >= 11 is 3.35. The van der Waals surface area contributed by atoms with Gasteiger partial charge in [0.1, 0.15) is 6.10 Å². The average Bonchev–Trinajstić information content (AvgIpc) is 3.14. The van der Waals surface area contributed by atoms with Gasteiger partial charge in [-0.25, -0.2) is 4.79 Å². The first kappa shape index (κ1) is 25.6. The molecular weight excluding hydrogens is 474 g/mol. The van der Waals surface area contributed by atoms with Gasteiger partial charge in [-0.3, -0.25) is 0 Å². The number of hydrogen-bond acceptors (Lipinski definition) is 2. The standard InChI is InChI=1S/C29H48BrNO2/c1-19(2)6-5-7-20(3)26-12-13-27-25-10-8-21-18-22(33-28(32)31-17-16-30)9-11-23(21)24(25)14-15-29(26,27)4/h8,19-20,22-27H,5-7,9-18H2,1-4H3,(H,31,32)/t20-,22?,23+,24-,25-,26?,27+,29-/m1/s1. The molecule has 188 valence electrons. The first-order chi connectivity index (χ1) is 15.8. The Morgan fingerprint density at radius 3 is 2.73 bits per heavy atom. The lowest BCUT2D eigenvalue weighted by molar-refractivity contribution is -0.0303. The molecule has 1 N–H and O–H groups in total. The Bertz CT molecular complexity index is 706. The fourth-order valence-corrected chi connectivity index (χ4v) is 8.90. The summed E-state index contributed by atoms with van der Waals surface area (Å²) in [5, 5.41) is 3.59. The van der Waals surface area contributed by atoms with Gasteiger partial charge in [0.25, 0.3) is 0 Å². The molecule has 0 bridgehead atoms. The quantitative estimate of drug-likeness (QED) is 0.258. The molecule has 0 spiro atoms. The largest absolute Gasteiger partial charge is 0.446 e. The molecule has 2 unspecified atom stereocenters. The fourth-order valence-electron chi connectivity index (χ4n) is 8.70. The summed E-state index contributed by atoms with van der Waals surface area (Å²) in [4.78, 5) is 12.0. The van der Waals surface area contributed by atoms with Crippen LogP contribution in [0.25, 0.3) is 0 Å². The number of carbonyl (C=O) groups excluding carboxylic acids is 1. The van der Waals surface area contributed by atoms with Gasteiger partial charge in [0, 0.05) is 18.3 Å². The number of halogens is 1. The Kier molecular flexibility index (Phi) is 8.56. The van der Waals surface area contributed by atoms with Crippen molar-refractivity contribution in [3.63, 3.8) is 0 Å². The number of ether oxygens (including phenoxy) is 1. The molecule has 0 saturated heterocycles. The van der Waals surface area contributed by atoms with Gasteiger partial charge in [-0.2, -0.15) is 0 Å². The summed E-state index contributed by atoms with van der Waals surface area (Å²) in [5.41, 5.74) is 2.18. The first-order valence-electron chi connectivity index (χ1n) is 14.0. The van der Waals surface area contributed by atoms with Crippen LogP contribution in [-0.2, 0) is 4.74 Å². The van der Waals surface area contributed by atoms with Crippen LogP contribution in [0, 0.1) is 46.8 Å². The van der Waals surface area contributed by atoms with Crippen LogP contribution in [0.4, 0.5) is 4.79 Å². The summed E-state index contributed by atoms with van der Waals surface area (Å²) in [6, 6.07) is 0. The fraction of sp³-hybridized carbons (Fsp3) is 0.897. The summed E-state index contributed by atoms with van der Waals surface area (Å²) < 4.78 is 5.74. The van der Waals surface area contributed by atoms with Gasteiger partial charge in [0.05, 0.1) is 0 Å². The number of allylic oxidation sites excluding steroid dienone is 1. The van der Waals surface area contributed by atoms with Gasteiger partial charge in [0.15, 0.2) is 0 Å². The van der Waals surface area contributed by atoms with E-state index in [1.54, 1.807) is 5.57 Å². The lowest BCUT2D eigenvalue weighted by atomic mass is 9.51. The molecule has 4 rings (SSSR count). The zero-order valence-electron chi connectivity index (χ0n) is 21.6. The van der Waals surface area contributed by atoms with Crippen molar-refractivity contribution in [1.82, 2.24) is 5.32 Å². The van der Waals surface area contributed by atoms with E-state index in [0.717, 1.165) is 59.6 Å². The predicted octanol–water partition coefficient (Wildman–Crippen LogP) is 8.13. The molecule has 0 aromatic rings. The number of carbonyl (C=O) groups is 1. The lowest BCUT2D eigenvalue weighted by Gasteiger charge is -2.54. The van der Waals surface area contributed by atoms with Crippen LogP contribution in [0.1, 0.15) is 98.3 Å². The number of fused-ring (bicyclic) bond motifs is 5. The summed E-state index contributed by atoms with van der Waals surface area (Å²) in [7, 11) is 0. The summed E-state index contributed by atoms with van der Waals surface area (Å²) in [6.07, 6.45) is 16.9. The molecule has 3 fully saturated rings. The molecular formula is C29H48BrNO2. The zero-order chi connectivity index (χ0) is 23.6. The van der Waals surface area contributed by atoms with Gasteiger partial charge in [-0.15, -0.1) is 0 Å². The molecule has 0 heterocycles. The summed E-state index contributed by atoms with van der Waals surface area (Å²) in [6.45, 7) is 10.6. The van der Waals surface area contributed by atoms with Gasteiger partial charge in [0.2, 0.25) is 0 Å². The molecule has 0 aromatic carbocycles. The van der Waals surface area contributed by atoms with E-state index in [0.29, 0.717) is 12.0 Å². The first-order valence-corrected chi connectivity index (χ1v) is 15.1. The third-order valence-corrected chi connectivity index (χ3v) is 10.6. The van der Waals surface area contributed by atoms with E-state index >= 15 is 0 Å². The van der Waals surface area contributed by atoms with Gasteiger partial charge < -0.3 is 10.1 Å². The highest BCUT2D eigenvalue weighted by Gasteiger charge is 2.56. The Morgan fingerprint density at radius 1 is 1.15 bits per heavy atom. The highest BCUT2D eigenvalue weighted by Crippen LogP contribution is 2.64. The Balaban J connectivity index is 1.37. The minimum atomic E-state index is -0.250. The smallest absolute Gasteiger partial charge is 0.407 e. The van der Waals surface area contributed by atoms with Crippen LogP contribution in [0.5, 0.6) is 0 Å². The van der Waals surface area contributed by atoms with Crippen molar-refractivity contribution in [3.05, 3.63) is 11.6 Å². The maximum absolute atomic E-state index is 12.0. The highest BCUT2D eigenvalue weighted by molar-refractivity contribution is 9.09. The maximum Gasteiger partial charge on any atom is 0.407 e. The lowest BCUT2D eigenvalue weighted by Crippen LogP contribution is -2.47. The second kappa shape index (κ2) is 11.0. The molecule has 3 nitrogen and oxygen atoms in total. The van der Waals surface area contributed by atoms with Crippen molar-refractivity contribution in [3.8, 4) is 0 Å². The molecule has 8 atom stereocenters. The second-order valence-electron chi connectivity index (χ2n) is 12.5. The predicted molar refractivity (Wildman–Crippen MR) is 140 cm³/mol. The van der Waals surface area contributed by atoms with Gasteiger partial charge >= 0.3 is 6.09 Å². The number of alkyl carbamates (subject to hydrolysis) is 1. The number of nitrogens with one attached hydrogen (secondary N) is 1. The Morgan fingerprint density at radius 2 is 1.97 bits per heavy atom. The van der Waals surface area contributed by atoms with Crippen LogP contribution in [-0.4, -0.2) is 24.1 Å². The molecule has 3 saturated carbocycles. The molecule has 0 aromatic heterocycles. The maximum atomic E-state index is 12.0. The number of hydrogen-bond donors (Lipinski definition) is 1. The molecule has 4 heteroatoms.